The minimum atomic E-state index is -0.223. The number of hydrazine groups is 1. The molecule has 0 fully saturated rings. The van der Waals surface area contributed by atoms with E-state index in [4.69, 9.17) is 17.4 Å². The smallest absolute Gasteiger partial charge is 0.273 e. The summed E-state index contributed by atoms with van der Waals surface area (Å²) in [5.41, 5.74) is 2.57. The van der Waals surface area contributed by atoms with Gasteiger partial charge in [0.15, 0.2) is 0 Å². The summed E-state index contributed by atoms with van der Waals surface area (Å²) >= 11 is 5.87. The van der Waals surface area contributed by atoms with E-state index in [9.17, 15) is 4.79 Å². The first kappa shape index (κ1) is 11.7. The Morgan fingerprint density at radius 2 is 2.33 bits per heavy atom. The van der Waals surface area contributed by atoms with E-state index >= 15 is 0 Å². The fourth-order valence-corrected chi connectivity index (χ4v) is 1.18. The summed E-state index contributed by atoms with van der Waals surface area (Å²) in [5, 5.41) is 0.319. The molecule has 1 aromatic rings. The number of rotatable bonds is 3. The second kappa shape index (κ2) is 4.95. The highest BCUT2D eigenvalue weighted by atomic mass is 35.5. The van der Waals surface area contributed by atoms with Crippen molar-refractivity contribution < 1.29 is 4.79 Å². The number of nitrogens with zero attached hydrogens (tertiary/aromatic N) is 2. The molecule has 0 atom stereocenters. The largest absolute Gasteiger partial charge is 0.341 e. The second-order valence-corrected chi connectivity index (χ2v) is 3.40. The fraction of sp³-hybridized carbons (Fsp3) is 0.333. The van der Waals surface area contributed by atoms with Crippen molar-refractivity contribution in [3.63, 3.8) is 0 Å². The number of aromatic nitrogens is 1. The molecule has 15 heavy (non-hydrogen) atoms. The maximum atomic E-state index is 11.8. The third-order valence-electron chi connectivity index (χ3n) is 2.02. The maximum Gasteiger partial charge on any atom is 0.273 e. The maximum absolute atomic E-state index is 11.8. The van der Waals surface area contributed by atoms with Gasteiger partial charge in [0.25, 0.3) is 5.91 Å². The molecule has 1 rings (SSSR count). The molecule has 0 aromatic carbocycles. The minimum Gasteiger partial charge on any atom is -0.341 e. The summed E-state index contributed by atoms with van der Waals surface area (Å²) in [7, 11) is 1.68. The first-order valence-electron chi connectivity index (χ1n) is 4.48. The third-order valence-corrected chi connectivity index (χ3v) is 2.32. The quantitative estimate of drug-likeness (QED) is 0.601. The second-order valence-electron chi connectivity index (χ2n) is 2.99. The fourth-order valence-electron chi connectivity index (χ4n) is 0.997. The monoisotopic (exact) mass is 228 g/mol. The predicted molar refractivity (Wildman–Crippen MR) is 59.7 cm³/mol. The van der Waals surface area contributed by atoms with Gasteiger partial charge >= 0.3 is 0 Å². The number of nitrogen functional groups attached to an aromatic ring is 1. The van der Waals surface area contributed by atoms with Crippen LogP contribution in [0.15, 0.2) is 12.1 Å². The molecule has 0 radical (unpaired) electrons. The minimum absolute atomic E-state index is 0.205. The van der Waals surface area contributed by atoms with Gasteiger partial charge in [-0.15, -0.1) is 0 Å². The molecule has 0 saturated carbocycles. The van der Waals surface area contributed by atoms with E-state index in [-0.39, 0.29) is 11.6 Å². The molecule has 0 aliphatic carbocycles. The van der Waals surface area contributed by atoms with E-state index in [1.807, 2.05) is 6.92 Å². The van der Waals surface area contributed by atoms with E-state index in [1.165, 1.54) is 4.90 Å². The molecular weight excluding hydrogens is 216 g/mol. The van der Waals surface area contributed by atoms with Crippen molar-refractivity contribution in [2.75, 3.05) is 19.0 Å². The van der Waals surface area contributed by atoms with Gasteiger partial charge < -0.3 is 10.3 Å². The van der Waals surface area contributed by atoms with Gasteiger partial charge in [-0.3, -0.25) is 4.79 Å². The van der Waals surface area contributed by atoms with Gasteiger partial charge in [-0.05, 0) is 19.1 Å². The summed E-state index contributed by atoms with van der Waals surface area (Å²) in [6.07, 6.45) is 0. The number of nitrogens with two attached hydrogens (primary N) is 1. The average molecular weight is 229 g/mol. The highest BCUT2D eigenvalue weighted by Gasteiger charge is 2.16. The van der Waals surface area contributed by atoms with Gasteiger partial charge in [-0.25, -0.2) is 10.8 Å². The van der Waals surface area contributed by atoms with Gasteiger partial charge in [0, 0.05) is 13.6 Å². The average Bonchev–Trinajstić information content (AvgIpc) is 2.27. The molecule has 0 bridgehead atoms. The van der Waals surface area contributed by atoms with Crippen LogP contribution in [0.2, 0.25) is 5.02 Å². The molecule has 6 heteroatoms. The number of halogens is 1. The molecule has 3 N–H and O–H groups in total. The Bertz CT molecular complexity index is 369. The van der Waals surface area contributed by atoms with Gasteiger partial charge in [-0.1, -0.05) is 11.6 Å². The molecule has 1 amide bonds. The number of nitrogens with one attached hydrogen (secondary N) is 1. The molecule has 0 aliphatic rings. The van der Waals surface area contributed by atoms with E-state index < -0.39 is 0 Å². The van der Waals surface area contributed by atoms with Gasteiger partial charge in [0.05, 0.1) is 5.02 Å². The number of carbonyl (C=O) groups excluding carboxylic acids is 1. The van der Waals surface area contributed by atoms with Crippen molar-refractivity contribution in [1.82, 2.24) is 9.88 Å². The van der Waals surface area contributed by atoms with Crippen molar-refractivity contribution in [2.45, 2.75) is 6.92 Å². The van der Waals surface area contributed by atoms with Crippen LogP contribution in [-0.2, 0) is 0 Å². The Hall–Kier alpha value is -1.33. The zero-order valence-electron chi connectivity index (χ0n) is 8.62. The number of carbonyl (C=O) groups is 1. The number of hydrogen-bond acceptors (Lipinski definition) is 4. The van der Waals surface area contributed by atoms with Crippen LogP contribution in [-0.4, -0.2) is 29.4 Å². The lowest BCUT2D eigenvalue weighted by Gasteiger charge is -2.14. The SMILES string of the molecule is CCN(C)C(=O)c1nc(NN)ccc1Cl. The molecule has 1 heterocycles. The van der Waals surface area contributed by atoms with E-state index in [0.29, 0.717) is 17.4 Å². The van der Waals surface area contributed by atoms with Crippen molar-refractivity contribution >= 4 is 23.3 Å². The van der Waals surface area contributed by atoms with Gasteiger partial charge in [0.2, 0.25) is 0 Å². The number of pyridine rings is 1. The Labute approximate surface area is 93.2 Å². The summed E-state index contributed by atoms with van der Waals surface area (Å²) in [6.45, 7) is 2.47. The third kappa shape index (κ3) is 2.57. The highest BCUT2D eigenvalue weighted by molar-refractivity contribution is 6.33. The number of amides is 1. The first-order valence-corrected chi connectivity index (χ1v) is 4.86. The summed E-state index contributed by atoms with van der Waals surface area (Å²) < 4.78 is 0. The Balaban J connectivity index is 3.07. The Morgan fingerprint density at radius 1 is 1.67 bits per heavy atom. The van der Waals surface area contributed by atoms with Crippen LogP contribution in [0.25, 0.3) is 0 Å². The number of hydrogen-bond donors (Lipinski definition) is 2. The highest BCUT2D eigenvalue weighted by Crippen LogP contribution is 2.17. The van der Waals surface area contributed by atoms with Crippen LogP contribution in [0.3, 0.4) is 0 Å². The van der Waals surface area contributed by atoms with Crippen molar-refractivity contribution in [3.8, 4) is 0 Å². The van der Waals surface area contributed by atoms with Gasteiger partial charge in [0.1, 0.15) is 11.5 Å². The van der Waals surface area contributed by atoms with E-state index in [2.05, 4.69) is 10.4 Å². The molecule has 0 unspecified atom stereocenters. The van der Waals surface area contributed by atoms with Crippen LogP contribution < -0.4 is 11.3 Å². The lowest BCUT2D eigenvalue weighted by molar-refractivity contribution is 0.0797. The Morgan fingerprint density at radius 3 is 2.87 bits per heavy atom. The standard InChI is InChI=1S/C9H13ClN4O/c1-3-14(2)9(15)8-6(10)4-5-7(12-8)13-11/h4-5H,3,11H2,1-2H3,(H,12,13). The summed E-state index contributed by atoms with van der Waals surface area (Å²) in [6, 6.07) is 3.19. The van der Waals surface area contributed by atoms with Crippen LogP contribution in [0.4, 0.5) is 5.82 Å². The van der Waals surface area contributed by atoms with E-state index in [0.717, 1.165) is 0 Å². The lowest BCUT2D eigenvalue weighted by Crippen LogP contribution is -2.27. The van der Waals surface area contributed by atoms with E-state index in [1.54, 1.807) is 19.2 Å². The topological polar surface area (TPSA) is 71.2 Å². The summed E-state index contributed by atoms with van der Waals surface area (Å²) in [4.78, 5) is 17.3. The molecule has 1 aromatic heterocycles. The lowest BCUT2D eigenvalue weighted by atomic mass is 10.3. The van der Waals surface area contributed by atoms with Crippen molar-refractivity contribution in [1.29, 1.82) is 0 Å². The van der Waals surface area contributed by atoms with Crippen molar-refractivity contribution in [3.05, 3.63) is 22.8 Å². The zero-order chi connectivity index (χ0) is 11.4. The zero-order valence-corrected chi connectivity index (χ0v) is 9.38. The van der Waals surface area contributed by atoms with Crippen molar-refractivity contribution in [2.24, 2.45) is 5.84 Å². The first-order chi connectivity index (χ1) is 7.10. The van der Waals surface area contributed by atoms with Gasteiger partial charge in [-0.2, -0.15) is 0 Å². The molecule has 5 nitrogen and oxygen atoms in total. The van der Waals surface area contributed by atoms with Crippen LogP contribution in [0, 0.1) is 0 Å². The molecule has 82 valence electrons. The van der Waals surface area contributed by atoms with Crippen LogP contribution in [0.5, 0.6) is 0 Å². The summed E-state index contributed by atoms with van der Waals surface area (Å²) in [5.74, 6) is 5.38. The molecular formula is C9H13ClN4O. The van der Waals surface area contributed by atoms with Crippen LogP contribution in [0.1, 0.15) is 17.4 Å². The normalized spacial score (nSPS) is 9.87. The van der Waals surface area contributed by atoms with Crippen LogP contribution >= 0.6 is 11.6 Å². The molecule has 0 aliphatic heterocycles. The molecule has 0 spiro atoms. The molecule has 0 saturated heterocycles. The number of anilines is 1. The Kier molecular flexibility index (Phi) is 3.88. The predicted octanol–water partition coefficient (Wildman–Crippen LogP) is 1.11.